The van der Waals surface area contributed by atoms with Crippen LogP contribution >= 0.6 is 0 Å². The maximum atomic E-state index is 13.7. The van der Waals surface area contributed by atoms with Crippen molar-refractivity contribution in [1.82, 2.24) is 15.1 Å². The summed E-state index contributed by atoms with van der Waals surface area (Å²) in [6, 6.07) is 11.0. The molecule has 1 saturated heterocycles. The van der Waals surface area contributed by atoms with Crippen LogP contribution in [-0.2, 0) is 21.5 Å². The largest absolute Gasteiger partial charge is 0.334 e. The molecule has 2 aliphatic rings. The number of carbonyl (C=O) groups excluding carboxylic acids is 3. The summed E-state index contributed by atoms with van der Waals surface area (Å²) in [5, 5.41) is 2.73. The fourth-order valence-corrected chi connectivity index (χ4v) is 4.27. The molecule has 1 N–H and O–H groups in total. The third kappa shape index (κ3) is 3.24. The van der Waals surface area contributed by atoms with E-state index in [1.54, 1.807) is 30.0 Å². The number of urea groups is 1. The SMILES string of the molecule is Cc1ccc(C2(C)NC(=O)N(CC(=O)N3CCc4ccc(F)cc4C3C)C2=O)cc1. The van der Waals surface area contributed by atoms with Gasteiger partial charge in [-0.05, 0) is 56.0 Å². The van der Waals surface area contributed by atoms with Crippen LogP contribution in [-0.4, -0.2) is 40.7 Å². The molecule has 4 rings (SSSR count). The highest BCUT2D eigenvalue weighted by Crippen LogP contribution is 2.32. The minimum atomic E-state index is -1.21. The summed E-state index contributed by atoms with van der Waals surface area (Å²) < 4.78 is 13.7. The number of benzene rings is 2. The first kappa shape index (κ1) is 20.1. The third-order valence-electron chi connectivity index (χ3n) is 6.17. The van der Waals surface area contributed by atoms with E-state index in [1.807, 2.05) is 26.0 Å². The van der Waals surface area contributed by atoms with Crippen LogP contribution < -0.4 is 5.32 Å². The van der Waals surface area contributed by atoms with Crippen molar-refractivity contribution in [2.45, 2.75) is 38.8 Å². The number of halogens is 1. The molecule has 2 aliphatic heterocycles. The minimum Gasteiger partial charge on any atom is -0.334 e. The molecular formula is C23H24FN3O3. The fourth-order valence-electron chi connectivity index (χ4n) is 4.27. The molecule has 2 heterocycles. The van der Waals surface area contributed by atoms with Crippen molar-refractivity contribution in [1.29, 1.82) is 0 Å². The first-order valence-electron chi connectivity index (χ1n) is 10.00. The molecule has 2 aromatic rings. The van der Waals surface area contributed by atoms with Crippen LogP contribution in [0.15, 0.2) is 42.5 Å². The Morgan fingerprint density at radius 3 is 2.60 bits per heavy atom. The van der Waals surface area contributed by atoms with Gasteiger partial charge in [-0.3, -0.25) is 14.5 Å². The van der Waals surface area contributed by atoms with Crippen molar-refractivity contribution in [2.24, 2.45) is 0 Å². The van der Waals surface area contributed by atoms with Gasteiger partial charge in [0.25, 0.3) is 5.91 Å². The second-order valence-corrected chi connectivity index (χ2v) is 8.17. The van der Waals surface area contributed by atoms with E-state index in [-0.39, 0.29) is 24.3 Å². The Labute approximate surface area is 174 Å². The lowest BCUT2D eigenvalue weighted by molar-refractivity contribution is -0.140. The van der Waals surface area contributed by atoms with Gasteiger partial charge in [0, 0.05) is 6.54 Å². The highest BCUT2D eigenvalue weighted by molar-refractivity contribution is 6.09. The van der Waals surface area contributed by atoms with Gasteiger partial charge in [-0.25, -0.2) is 9.18 Å². The lowest BCUT2D eigenvalue weighted by Gasteiger charge is -2.36. The molecule has 30 heavy (non-hydrogen) atoms. The van der Waals surface area contributed by atoms with Crippen molar-refractivity contribution >= 4 is 17.8 Å². The molecule has 0 aromatic heterocycles. The van der Waals surface area contributed by atoms with E-state index in [0.29, 0.717) is 18.5 Å². The van der Waals surface area contributed by atoms with Crippen LogP contribution in [0.25, 0.3) is 0 Å². The monoisotopic (exact) mass is 409 g/mol. The smallest absolute Gasteiger partial charge is 0.325 e. The number of amides is 4. The molecule has 7 heteroatoms. The van der Waals surface area contributed by atoms with Gasteiger partial charge in [-0.1, -0.05) is 35.9 Å². The zero-order chi connectivity index (χ0) is 21.6. The van der Waals surface area contributed by atoms with Gasteiger partial charge in [-0.2, -0.15) is 0 Å². The molecule has 4 amide bonds. The third-order valence-corrected chi connectivity index (χ3v) is 6.17. The number of carbonyl (C=O) groups is 3. The van der Waals surface area contributed by atoms with Gasteiger partial charge in [0.05, 0.1) is 6.04 Å². The number of hydrogen-bond acceptors (Lipinski definition) is 3. The molecule has 0 spiro atoms. The Balaban J connectivity index is 1.53. The van der Waals surface area contributed by atoms with Crippen molar-refractivity contribution in [3.05, 3.63) is 70.5 Å². The molecule has 2 aromatic carbocycles. The Morgan fingerprint density at radius 2 is 1.90 bits per heavy atom. The number of imide groups is 1. The fraction of sp³-hybridized carbons (Fsp3) is 0.348. The number of fused-ring (bicyclic) bond motifs is 1. The van der Waals surface area contributed by atoms with E-state index in [4.69, 9.17) is 0 Å². The normalized spacial score (nSPS) is 23.4. The zero-order valence-electron chi connectivity index (χ0n) is 17.2. The van der Waals surface area contributed by atoms with E-state index in [2.05, 4.69) is 5.32 Å². The summed E-state index contributed by atoms with van der Waals surface area (Å²) >= 11 is 0. The van der Waals surface area contributed by atoms with Crippen molar-refractivity contribution in [3.8, 4) is 0 Å². The first-order chi connectivity index (χ1) is 14.2. The maximum absolute atomic E-state index is 13.7. The Hall–Kier alpha value is -3.22. The molecular weight excluding hydrogens is 385 g/mol. The molecule has 156 valence electrons. The number of aryl methyl sites for hydroxylation is 1. The summed E-state index contributed by atoms with van der Waals surface area (Å²) in [6.45, 7) is 5.52. The van der Waals surface area contributed by atoms with Crippen LogP contribution in [0.1, 0.15) is 42.1 Å². The molecule has 0 saturated carbocycles. The quantitative estimate of drug-likeness (QED) is 0.793. The topological polar surface area (TPSA) is 69.7 Å². The maximum Gasteiger partial charge on any atom is 0.325 e. The van der Waals surface area contributed by atoms with Gasteiger partial charge in [0.15, 0.2) is 0 Å². The zero-order valence-corrected chi connectivity index (χ0v) is 17.2. The number of rotatable bonds is 3. The summed E-state index contributed by atoms with van der Waals surface area (Å²) in [5.41, 5.74) is 2.26. The summed E-state index contributed by atoms with van der Waals surface area (Å²) in [7, 11) is 0. The van der Waals surface area contributed by atoms with Crippen LogP contribution in [0.3, 0.4) is 0 Å². The van der Waals surface area contributed by atoms with Gasteiger partial charge < -0.3 is 10.2 Å². The second-order valence-electron chi connectivity index (χ2n) is 8.17. The standard InChI is InChI=1S/C23H24FN3O3/c1-14-4-7-17(8-5-14)23(3)21(29)27(22(30)25-23)13-20(28)26-11-10-16-6-9-18(24)12-19(16)15(26)2/h4-9,12,15H,10-11,13H2,1-3H3,(H,25,30). The van der Waals surface area contributed by atoms with Crippen molar-refractivity contribution in [2.75, 3.05) is 13.1 Å². The van der Waals surface area contributed by atoms with Gasteiger partial charge in [0.1, 0.15) is 17.9 Å². The minimum absolute atomic E-state index is 0.332. The average Bonchev–Trinajstić information content (AvgIpc) is 2.93. The highest BCUT2D eigenvalue weighted by atomic mass is 19.1. The van der Waals surface area contributed by atoms with Gasteiger partial charge in [-0.15, -0.1) is 0 Å². The van der Waals surface area contributed by atoms with E-state index in [9.17, 15) is 18.8 Å². The van der Waals surface area contributed by atoms with Crippen LogP contribution in [0.2, 0.25) is 0 Å². The molecule has 0 radical (unpaired) electrons. The molecule has 6 nitrogen and oxygen atoms in total. The highest BCUT2D eigenvalue weighted by Gasteiger charge is 2.50. The molecule has 2 atom stereocenters. The Kier molecular flexibility index (Phi) is 4.84. The van der Waals surface area contributed by atoms with Crippen LogP contribution in [0.4, 0.5) is 9.18 Å². The predicted octanol–water partition coefficient (Wildman–Crippen LogP) is 3.05. The lowest BCUT2D eigenvalue weighted by Crippen LogP contribution is -2.47. The molecule has 2 unspecified atom stereocenters. The van der Waals surface area contributed by atoms with Crippen molar-refractivity contribution in [3.63, 3.8) is 0 Å². The average molecular weight is 409 g/mol. The second kappa shape index (κ2) is 7.23. The Bertz CT molecular complexity index is 1040. The molecule has 0 bridgehead atoms. The van der Waals surface area contributed by atoms with Crippen molar-refractivity contribution < 1.29 is 18.8 Å². The number of nitrogens with zero attached hydrogens (tertiary/aromatic N) is 2. The van der Waals surface area contributed by atoms with Crippen LogP contribution in [0, 0.1) is 12.7 Å². The Morgan fingerprint density at radius 1 is 1.20 bits per heavy atom. The molecule has 0 aliphatic carbocycles. The summed E-state index contributed by atoms with van der Waals surface area (Å²) in [5.74, 6) is -1.15. The van der Waals surface area contributed by atoms with E-state index < -0.39 is 17.5 Å². The summed E-state index contributed by atoms with van der Waals surface area (Å²) in [4.78, 5) is 41.2. The summed E-state index contributed by atoms with van der Waals surface area (Å²) in [6.07, 6.45) is 0.604. The van der Waals surface area contributed by atoms with Gasteiger partial charge in [0.2, 0.25) is 5.91 Å². The lowest BCUT2D eigenvalue weighted by atomic mass is 9.91. The van der Waals surface area contributed by atoms with E-state index in [1.165, 1.54) is 12.1 Å². The first-order valence-corrected chi connectivity index (χ1v) is 10.00. The van der Waals surface area contributed by atoms with E-state index in [0.717, 1.165) is 21.6 Å². The predicted molar refractivity (Wildman–Crippen MR) is 109 cm³/mol. The number of nitrogens with one attached hydrogen (secondary N) is 1. The van der Waals surface area contributed by atoms with Crippen LogP contribution in [0.5, 0.6) is 0 Å². The molecule has 1 fully saturated rings. The van der Waals surface area contributed by atoms with E-state index >= 15 is 0 Å². The number of hydrogen-bond donors (Lipinski definition) is 1. The van der Waals surface area contributed by atoms with Gasteiger partial charge >= 0.3 is 6.03 Å².